The van der Waals surface area contributed by atoms with Crippen molar-refractivity contribution in [2.45, 2.75) is 32.1 Å². The van der Waals surface area contributed by atoms with Crippen LogP contribution in [0.3, 0.4) is 0 Å². The largest absolute Gasteiger partial charge is 1.59 e. The van der Waals surface area contributed by atoms with Gasteiger partial charge in [-0.3, -0.25) is 4.79 Å². The van der Waals surface area contributed by atoms with Crippen LogP contribution in [0.4, 0.5) is 0 Å². The highest BCUT2D eigenvalue weighted by Crippen LogP contribution is 2.22. The van der Waals surface area contributed by atoms with Crippen molar-refractivity contribution in [3.8, 4) is 0 Å². The molecule has 7 radical (unpaired) electrons. The number of halogens is 1. The van der Waals surface area contributed by atoms with Crippen LogP contribution in [0.2, 0.25) is 0 Å². The highest BCUT2D eigenvalue weighted by molar-refractivity contribution is 6.80. The van der Waals surface area contributed by atoms with Gasteiger partial charge in [0.25, 0.3) is 0 Å². The maximum absolute atomic E-state index is 10.6. The lowest BCUT2D eigenvalue weighted by Crippen LogP contribution is -2.24. The second-order valence-corrected chi connectivity index (χ2v) is 2.74. The Labute approximate surface area is 84.1 Å². The summed E-state index contributed by atoms with van der Waals surface area (Å²) in [6.07, 6.45) is 5.70. The van der Waals surface area contributed by atoms with Gasteiger partial charge in [0.1, 0.15) is 0 Å². The van der Waals surface area contributed by atoms with Crippen molar-refractivity contribution in [3.63, 3.8) is 0 Å². The van der Waals surface area contributed by atoms with E-state index in [1.54, 1.807) is 0 Å². The standard InChI is InChI=1S/C7H13NO.ClH.Mg/c8-7(9)6-4-2-1-3-5-6;;/h6H,1-5H2,(H2,8,9);1H;/q;;+3/p-1. The summed E-state index contributed by atoms with van der Waals surface area (Å²) in [5, 5.41) is 0. The molecule has 0 aromatic carbocycles. The Morgan fingerprint density at radius 1 is 1.27 bits per heavy atom. The number of primary amides is 1. The Morgan fingerprint density at radius 3 is 2.00 bits per heavy atom. The molecule has 2 nitrogen and oxygen atoms in total. The fourth-order valence-electron chi connectivity index (χ4n) is 1.39. The van der Waals surface area contributed by atoms with Gasteiger partial charge >= 0.3 is 29.7 Å². The zero-order chi connectivity index (χ0) is 8.69. The Hall–Kier alpha value is 0.526. The predicted molar refractivity (Wildman–Crippen MR) is 47.4 cm³/mol. The van der Waals surface area contributed by atoms with Gasteiger partial charge in [-0.15, -0.1) is 0 Å². The van der Waals surface area contributed by atoms with Gasteiger partial charge in [-0.2, -0.15) is 0 Å². The zero-order valence-corrected chi connectivity index (χ0v) is 8.85. The first-order valence-electron chi connectivity index (χ1n) is 3.87. The third-order valence-corrected chi connectivity index (χ3v) is 2.01. The smallest absolute Gasteiger partial charge is 0.369 e. The highest BCUT2D eigenvalue weighted by Gasteiger charge is 2.17. The van der Waals surface area contributed by atoms with Gasteiger partial charge in [0, 0.05) is 5.92 Å². The van der Waals surface area contributed by atoms with Gasteiger partial charge in [-0.1, -0.05) is 19.3 Å². The van der Waals surface area contributed by atoms with Gasteiger partial charge in [0.2, 0.25) is 5.91 Å². The number of hydrogen-bond acceptors (Lipinski definition) is 1. The minimum Gasteiger partial charge on any atom is -0.369 e. The molecule has 1 aliphatic carbocycles. The quantitative estimate of drug-likeness (QED) is 0.618. The van der Waals surface area contributed by atoms with Crippen LogP contribution in [0, 0.1) is 5.92 Å². The molecule has 11 heavy (non-hydrogen) atoms. The van der Waals surface area contributed by atoms with E-state index in [9.17, 15) is 4.79 Å². The molecular weight excluding hydrogens is 174 g/mol. The average molecular weight is 187 g/mol. The first-order chi connectivity index (χ1) is 5.30. The lowest BCUT2D eigenvalue weighted by atomic mass is 9.89. The number of rotatable bonds is 1. The van der Waals surface area contributed by atoms with Crippen LogP contribution in [0.15, 0.2) is 0 Å². The van der Waals surface area contributed by atoms with Crippen molar-refractivity contribution in [2.24, 2.45) is 11.7 Å². The summed E-state index contributed by atoms with van der Waals surface area (Å²) < 4.78 is 0. The predicted octanol–water partition coefficient (Wildman–Crippen LogP) is 1.36. The maximum Gasteiger partial charge on any atom is 1.59 e. The molecule has 0 aromatic rings. The van der Waals surface area contributed by atoms with Crippen LogP contribution < -0.4 is 5.73 Å². The molecule has 0 aliphatic heterocycles. The first-order valence-corrected chi connectivity index (χ1v) is 6.00. The van der Waals surface area contributed by atoms with E-state index >= 15 is 0 Å². The molecule has 0 atom stereocenters. The van der Waals surface area contributed by atoms with Crippen molar-refractivity contribution >= 4 is 35.6 Å². The Kier molecular flexibility index (Phi) is 7.53. The van der Waals surface area contributed by atoms with Crippen LogP contribution in [-0.2, 0) is 4.79 Å². The van der Waals surface area contributed by atoms with E-state index in [0.29, 0.717) is 0 Å². The van der Waals surface area contributed by atoms with Gasteiger partial charge in [0.15, 0.2) is 0 Å². The lowest BCUT2D eigenvalue weighted by Gasteiger charge is -2.17. The molecule has 1 rings (SSSR count). The fraction of sp³-hybridized carbons (Fsp3) is 0.857. The van der Waals surface area contributed by atoms with Crippen molar-refractivity contribution in [1.29, 1.82) is 0 Å². The van der Waals surface area contributed by atoms with Gasteiger partial charge in [-0.05, 0) is 12.8 Å². The second-order valence-electron chi connectivity index (χ2n) is 2.74. The zero-order valence-electron chi connectivity index (χ0n) is 6.68. The second kappa shape index (κ2) is 7.19. The molecular formula is C7H13ClMgNO+2. The monoisotopic (exact) mass is 186 g/mol. The first kappa shape index (κ1) is 11.5. The molecule has 4 heteroatoms. The van der Waals surface area contributed by atoms with E-state index in [0.717, 1.165) is 12.8 Å². The van der Waals surface area contributed by atoms with Crippen molar-refractivity contribution in [2.75, 3.05) is 0 Å². The molecule has 0 spiro atoms. The summed E-state index contributed by atoms with van der Waals surface area (Å²) in [5.41, 5.74) is 5.13. The van der Waals surface area contributed by atoms with Crippen molar-refractivity contribution in [3.05, 3.63) is 0 Å². The van der Waals surface area contributed by atoms with Crippen molar-refractivity contribution < 1.29 is 4.79 Å². The summed E-state index contributed by atoms with van der Waals surface area (Å²) in [6.45, 7) is 0. The summed E-state index contributed by atoms with van der Waals surface area (Å²) in [6, 6.07) is 0. The lowest BCUT2D eigenvalue weighted by molar-refractivity contribution is -0.122. The van der Waals surface area contributed by atoms with Gasteiger partial charge in [0.05, 0.1) is 0 Å². The number of amides is 1. The topological polar surface area (TPSA) is 43.1 Å². The summed E-state index contributed by atoms with van der Waals surface area (Å²) in [5.74, 6) is 0.0912. The summed E-state index contributed by atoms with van der Waals surface area (Å²) in [4.78, 5) is 10.6. The molecule has 1 amide bonds. The van der Waals surface area contributed by atoms with E-state index in [1.165, 1.54) is 39.9 Å². The molecule has 59 valence electrons. The van der Waals surface area contributed by atoms with Crippen LogP contribution in [0.1, 0.15) is 32.1 Å². The van der Waals surface area contributed by atoms with Crippen LogP contribution in [0.25, 0.3) is 0 Å². The van der Waals surface area contributed by atoms with Gasteiger partial charge < -0.3 is 5.73 Å². The number of carbonyl (C=O) groups is 1. The van der Waals surface area contributed by atoms with E-state index in [4.69, 9.17) is 5.73 Å². The van der Waals surface area contributed by atoms with E-state index in [2.05, 4.69) is 9.07 Å². The average Bonchev–Trinajstić information content (AvgIpc) is 2.10. The van der Waals surface area contributed by atoms with E-state index in [1.807, 2.05) is 0 Å². The molecule has 1 fully saturated rings. The number of hydrogen-bond donors (Lipinski definition) is 1. The molecule has 0 unspecified atom stereocenters. The fourth-order valence-corrected chi connectivity index (χ4v) is 1.39. The summed E-state index contributed by atoms with van der Waals surface area (Å²) >= 11 is 1.33. The van der Waals surface area contributed by atoms with Crippen molar-refractivity contribution in [1.82, 2.24) is 0 Å². The number of nitrogens with two attached hydrogens (primary N) is 1. The van der Waals surface area contributed by atoms with Crippen LogP contribution in [0.5, 0.6) is 0 Å². The molecule has 0 aromatic heterocycles. The Balaban J connectivity index is 0.000000461. The minimum absolute atomic E-state index is 0.102. The molecule has 1 saturated carbocycles. The van der Waals surface area contributed by atoms with Crippen LogP contribution >= 0.6 is 9.07 Å². The number of carbonyl (C=O) groups excluding carboxylic acids is 1. The molecule has 2 N–H and O–H groups in total. The van der Waals surface area contributed by atoms with E-state index in [-0.39, 0.29) is 11.8 Å². The SMILES string of the molecule is NC(=O)C1CCCCC1.[Mg+2][Cl]. The highest BCUT2D eigenvalue weighted by atomic mass is 35.5. The third-order valence-electron chi connectivity index (χ3n) is 2.01. The molecule has 0 bridgehead atoms. The minimum atomic E-state index is -0.102. The normalized spacial score (nSPS) is 18.4. The van der Waals surface area contributed by atoms with Crippen LogP contribution in [-0.4, -0.2) is 26.5 Å². The summed E-state index contributed by atoms with van der Waals surface area (Å²) in [7, 11) is 4.67. The van der Waals surface area contributed by atoms with Gasteiger partial charge in [-0.25, -0.2) is 0 Å². The molecule has 0 heterocycles. The maximum atomic E-state index is 10.6. The Morgan fingerprint density at radius 2 is 1.73 bits per heavy atom. The third kappa shape index (κ3) is 4.88. The molecule has 1 aliphatic rings. The molecule has 0 saturated heterocycles. The Bertz CT molecular complexity index is 115. The van der Waals surface area contributed by atoms with E-state index < -0.39 is 0 Å².